The molecule has 3 heterocycles. The maximum absolute atomic E-state index is 6.33. The summed E-state index contributed by atoms with van der Waals surface area (Å²) in [4.78, 5) is 2.65. The van der Waals surface area contributed by atoms with Gasteiger partial charge in [0, 0.05) is 36.4 Å². The number of ether oxygens (including phenoxy) is 2. The third-order valence-electron chi connectivity index (χ3n) is 7.42. The van der Waals surface area contributed by atoms with E-state index in [9.17, 15) is 0 Å². The molecule has 1 N–H and O–H groups in total. The minimum atomic E-state index is 0.214. The molecular weight excluding hydrogens is 372 g/mol. The molecule has 3 atom stereocenters. The number of benzene rings is 2. The lowest BCUT2D eigenvalue weighted by atomic mass is 9.73. The van der Waals surface area contributed by atoms with Gasteiger partial charge in [-0.1, -0.05) is 30.3 Å². The molecule has 3 aliphatic heterocycles. The Morgan fingerprint density at radius 3 is 2.70 bits per heavy atom. The summed E-state index contributed by atoms with van der Waals surface area (Å²) in [6.45, 7) is 4.47. The van der Waals surface area contributed by atoms with E-state index in [1.165, 1.54) is 62.1 Å². The zero-order valence-electron chi connectivity index (χ0n) is 18.1. The Balaban J connectivity index is 1.24. The standard InChI is InChI=1S/C26H34N2O2/c1-29-21-9-10-24-23(18-21)26-22(8-5-17-30-26)25(27-24)20-12-15-28(16-13-20)14-11-19-6-3-2-4-7-19/h2-4,6-7,9-10,18,20,22,25-27H,5,8,11-17H2,1H3. The Bertz CT molecular complexity index is 832. The van der Waals surface area contributed by atoms with Gasteiger partial charge < -0.3 is 19.7 Å². The Kier molecular flexibility index (Phi) is 5.96. The van der Waals surface area contributed by atoms with Crippen LogP contribution >= 0.6 is 0 Å². The maximum atomic E-state index is 6.33. The summed E-state index contributed by atoms with van der Waals surface area (Å²) >= 11 is 0. The fraction of sp³-hybridized carbons (Fsp3) is 0.538. The number of piperidine rings is 1. The molecule has 4 heteroatoms. The lowest BCUT2D eigenvalue weighted by Crippen LogP contribution is -2.49. The van der Waals surface area contributed by atoms with Gasteiger partial charge in [0.2, 0.25) is 0 Å². The highest BCUT2D eigenvalue weighted by Crippen LogP contribution is 2.47. The van der Waals surface area contributed by atoms with Crippen molar-refractivity contribution in [3.05, 3.63) is 59.7 Å². The first kappa shape index (κ1) is 19.9. The number of nitrogens with zero attached hydrogens (tertiary/aromatic N) is 1. The van der Waals surface area contributed by atoms with E-state index in [0.29, 0.717) is 12.0 Å². The van der Waals surface area contributed by atoms with Crippen molar-refractivity contribution in [3.63, 3.8) is 0 Å². The molecule has 5 rings (SSSR count). The molecule has 0 aliphatic carbocycles. The zero-order chi connectivity index (χ0) is 20.3. The van der Waals surface area contributed by atoms with Gasteiger partial charge in [-0.3, -0.25) is 0 Å². The fourth-order valence-electron chi connectivity index (χ4n) is 5.75. The maximum Gasteiger partial charge on any atom is 0.119 e. The molecule has 0 bridgehead atoms. The highest BCUT2D eigenvalue weighted by molar-refractivity contribution is 5.58. The molecule has 0 spiro atoms. The quantitative estimate of drug-likeness (QED) is 0.765. The van der Waals surface area contributed by atoms with Crippen LogP contribution in [0.5, 0.6) is 5.75 Å². The molecule has 30 heavy (non-hydrogen) atoms. The first-order valence-electron chi connectivity index (χ1n) is 11.6. The van der Waals surface area contributed by atoms with Crippen molar-refractivity contribution in [2.75, 3.05) is 38.7 Å². The average Bonchev–Trinajstić information content (AvgIpc) is 2.83. The summed E-state index contributed by atoms with van der Waals surface area (Å²) in [6, 6.07) is 17.8. The summed E-state index contributed by atoms with van der Waals surface area (Å²) in [5.74, 6) is 2.22. The number of methoxy groups -OCH3 is 1. The molecule has 0 amide bonds. The van der Waals surface area contributed by atoms with Crippen LogP contribution in [0.25, 0.3) is 0 Å². The molecule has 3 unspecified atom stereocenters. The van der Waals surface area contributed by atoms with Crippen LogP contribution in [0, 0.1) is 11.8 Å². The van der Waals surface area contributed by atoms with Crippen molar-refractivity contribution in [3.8, 4) is 5.75 Å². The molecule has 3 aliphatic rings. The first-order valence-corrected chi connectivity index (χ1v) is 11.6. The van der Waals surface area contributed by atoms with Crippen LogP contribution in [0.2, 0.25) is 0 Å². The molecule has 0 radical (unpaired) electrons. The minimum Gasteiger partial charge on any atom is -0.497 e. The highest BCUT2D eigenvalue weighted by Gasteiger charge is 2.43. The van der Waals surface area contributed by atoms with Gasteiger partial charge in [0.05, 0.1) is 13.2 Å². The second-order valence-electron chi connectivity index (χ2n) is 9.14. The lowest BCUT2D eigenvalue weighted by molar-refractivity contribution is -0.0473. The van der Waals surface area contributed by atoms with E-state index in [2.05, 4.69) is 58.7 Å². The van der Waals surface area contributed by atoms with Crippen LogP contribution in [-0.4, -0.2) is 44.3 Å². The molecule has 2 aromatic rings. The minimum absolute atomic E-state index is 0.214. The van der Waals surface area contributed by atoms with E-state index >= 15 is 0 Å². The topological polar surface area (TPSA) is 33.7 Å². The van der Waals surface area contributed by atoms with Gasteiger partial charge in [0.1, 0.15) is 5.75 Å². The van der Waals surface area contributed by atoms with Gasteiger partial charge >= 0.3 is 0 Å². The second kappa shape index (κ2) is 8.99. The van der Waals surface area contributed by atoms with Crippen molar-refractivity contribution >= 4 is 5.69 Å². The van der Waals surface area contributed by atoms with E-state index in [1.54, 1.807) is 7.11 Å². The monoisotopic (exact) mass is 406 g/mol. The van der Waals surface area contributed by atoms with Crippen molar-refractivity contribution in [2.24, 2.45) is 11.8 Å². The van der Waals surface area contributed by atoms with Gasteiger partial charge in [-0.25, -0.2) is 0 Å². The molecule has 2 saturated heterocycles. The normalized spacial score (nSPS) is 27.0. The summed E-state index contributed by atoms with van der Waals surface area (Å²) in [5.41, 5.74) is 3.98. The molecule has 0 saturated carbocycles. The number of likely N-dealkylation sites (tertiary alicyclic amines) is 1. The van der Waals surface area contributed by atoms with E-state index in [1.807, 2.05) is 0 Å². The molecule has 4 nitrogen and oxygen atoms in total. The third-order valence-corrected chi connectivity index (χ3v) is 7.42. The Hall–Kier alpha value is -2.04. The average molecular weight is 407 g/mol. The smallest absolute Gasteiger partial charge is 0.119 e. The van der Waals surface area contributed by atoms with E-state index in [0.717, 1.165) is 24.7 Å². The third kappa shape index (κ3) is 4.08. The SMILES string of the molecule is COc1ccc2c(c1)C1OCCCC1C(C1CCN(CCc3ccccc3)CC1)N2. The zero-order valence-corrected chi connectivity index (χ0v) is 18.1. The summed E-state index contributed by atoms with van der Waals surface area (Å²) < 4.78 is 11.8. The first-order chi connectivity index (χ1) is 14.8. The number of fused-ring (bicyclic) bond motifs is 3. The summed E-state index contributed by atoms with van der Waals surface area (Å²) in [5, 5.41) is 3.94. The van der Waals surface area contributed by atoms with Crippen molar-refractivity contribution < 1.29 is 9.47 Å². The van der Waals surface area contributed by atoms with Crippen molar-refractivity contribution in [1.82, 2.24) is 4.90 Å². The molecule has 2 aromatic carbocycles. The van der Waals surface area contributed by atoms with Gasteiger partial charge in [-0.15, -0.1) is 0 Å². The Morgan fingerprint density at radius 1 is 1.07 bits per heavy atom. The van der Waals surface area contributed by atoms with Crippen LogP contribution in [0.3, 0.4) is 0 Å². The Morgan fingerprint density at radius 2 is 1.90 bits per heavy atom. The number of nitrogens with one attached hydrogen (secondary N) is 1. The summed E-state index contributed by atoms with van der Waals surface area (Å²) in [7, 11) is 1.74. The number of rotatable bonds is 5. The summed E-state index contributed by atoms with van der Waals surface area (Å²) in [6.07, 6.45) is 6.36. The molecule has 160 valence electrons. The Labute approximate surface area is 180 Å². The molecule has 0 aromatic heterocycles. The predicted octanol–water partition coefficient (Wildman–Crippen LogP) is 4.91. The van der Waals surface area contributed by atoms with Crippen LogP contribution < -0.4 is 10.1 Å². The number of hydrogen-bond acceptors (Lipinski definition) is 4. The van der Waals surface area contributed by atoms with Gasteiger partial charge in [0.15, 0.2) is 0 Å². The van der Waals surface area contributed by atoms with Crippen molar-refractivity contribution in [1.29, 1.82) is 0 Å². The van der Waals surface area contributed by atoms with E-state index < -0.39 is 0 Å². The largest absolute Gasteiger partial charge is 0.497 e. The second-order valence-corrected chi connectivity index (χ2v) is 9.14. The van der Waals surface area contributed by atoms with E-state index in [4.69, 9.17) is 9.47 Å². The molecular formula is C26H34N2O2. The molecule has 2 fully saturated rings. The highest BCUT2D eigenvalue weighted by atomic mass is 16.5. The van der Waals surface area contributed by atoms with Crippen LogP contribution in [0.1, 0.15) is 42.9 Å². The van der Waals surface area contributed by atoms with E-state index in [-0.39, 0.29) is 6.10 Å². The van der Waals surface area contributed by atoms with Gasteiger partial charge in [0.25, 0.3) is 0 Å². The van der Waals surface area contributed by atoms with Gasteiger partial charge in [-0.2, -0.15) is 0 Å². The number of anilines is 1. The lowest BCUT2D eigenvalue weighted by Gasteiger charge is -2.48. The van der Waals surface area contributed by atoms with Crippen LogP contribution in [-0.2, 0) is 11.2 Å². The van der Waals surface area contributed by atoms with Crippen LogP contribution in [0.4, 0.5) is 5.69 Å². The fourth-order valence-corrected chi connectivity index (χ4v) is 5.75. The van der Waals surface area contributed by atoms with Crippen LogP contribution in [0.15, 0.2) is 48.5 Å². The van der Waals surface area contributed by atoms with Gasteiger partial charge in [-0.05, 0) is 74.9 Å². The predicted molar refractivity (Wildman–Crippen MR) is 121 cm³/mol. The van der Waals surface area contributed by atoms with Crippen molar-refractivity contribution in [2.45, 2.75) is 44.2 Å². The number of hydrogen-bond donors (Lipinski definition) is 1.